The first-order valence-corrected chi connectivity index (χ1v) is 5.55. The summed E-state index contributed by atoms with van der Waals surface area (Å²) in [6.07, 6.45) is 0. The van der Waals surface area contributed by atoms with Crippen LogP contribution in [0.15, 0.2) is 35.3 Å². The van der Waals surface area contributed by atoms with Crippen LogP contribution < -0.4 is 10.9 Å². The fourth-order valence-electron chi connectivity index (χ4n) is 1.03. The van der Waals surface area contributed by atoms with Crippen LogP contribution in [-0.4, -0.2) is 15.9 Å². The van der Waals surface area contributed by atoms with E-state index in [1.165, 1.54) is 0 Å². The zero-order chi connectivity index (χ0) is 9.80. The summed E-state index contributed by atoms with van der Waals surface area (Å²) < 4.78 is 0.697. The number of nitrogens with zero attached hydrogens (tertiary/aromatic N) is 1. The molecular weight excluding hydrogens is 214 g/mol. The summed E-state index contributed by atoms with van der Waals surface area (Å²) in [7, 11) is 0. The van der Waals surface area contributed by atoms with E-state index < -0.39 is 0 Å². The van der Waals surface area contributed by atoms with Crippen molar-refractivity contribution in [2.75, 3.05) is 11.2 Å². The van der Waals surface area contributed by atoms with Gasteiger partial charge in [-0.3, -0.25) is 10.9 Å². The fourth-order valence-corrected chi connectivity index (χ4v) is 1.89. The van der Waals surface area contributed by atoms with E-state index in [4.69, 9.17) is 12.2 Å². The summed E-state index contributed by atoms with van der Waals surface area (Å²) in [5.41, 5.74) is 7.09. The topological polar surface area (TPSA) is 36.4 Å². The van der Waals surface area contributed by atoms with Crippen molar-refractivity contribution < 1.29 is 0 Å². The maximum absolute atomic E-state index is 4.93. The van der Waals surface area contributed by atoms with Crippen molar-refractivity contribution >= 4 is 39.8 Å². The zero-order valence-corrected chi connectivity index (χ0v) is 8.99. The third-order valence-electron chi connectivity index (χ3n) is 1.68. The molecule has 2 N–H and O–H groups in total. The molecule has 72 valence electrons. The molecule has 0 atom stereocenters. The summed E-state index contributed by atoms with van der Waals surface area (Å²) in [4.78, 5) is 4.14. The molecule has 1 heterocycles. The molecule has 3 nitrogen and oxygen atoms in total. The van der Waals surface area contributed by atoms with Crippen molar-refractivity contribution in [2.24, 2.45) is 4.99 Å². The van der Waals surface area contributed by atoms with E-state index in [-0.39, 0.29) is 0 Å². The number of aliphatic imine (C=N–C) groups is 1. The molecule has 1 aromatic carbocycles. The highest BCUT2D eigenvalue weighted by Gasteiger charge is 2.10. The lowest BCUT2D eigenvalue weighted by atomic mass is 10.3. The number of hydrogen-bond acceptors (Lipinski definition) is 4. The Morgan fingerprint density at radius 2 is 2.00 bits per heavy atom. The second-order valence-electron chi connectivity index (χ2n) is 2.73. The minimum Gasteiger partial charge on any atom is -0.300 e. The molecule has 2 rings (SSSR count). The monoisotopic (exact) mass is 223 g/mol. The lowest BCUT2D eigenvalue weighted by Crippen LogP contribution is -2.29. The van der Waals surface area contributed by atoms with E-state index in [0.717, 1.165) is 17.3 Å². The van der Waals surface area contributed by atoms with E-state index in [1.54, 1.807) is 11.8 Å². The Labute approximate surface area is 92.0 Å². The molecule has 1 aromatic rings. The van der Waals surface area contributed by atoms with Gasteiger partial charge in [-0.25, -0.2) is 4.99 Å². The number of hydrogen-bond donors (Lipinski definition) is 2. The van der Waals surface area contributed by atoms with Gasteiger partial charge in [0.1, 0.15) is 5.84 Å². The molecule has 14 heavy (non-hydrogen) atoms. The Hall–Kier alpha value is -1.07. The average molecular weight is 223 g/mol. The normalized spacial score (nSPS) is 15.1. The molecule has 0 aromatic heterocycles. The molecule has 0 bridgehead atoms. The number of benzene rings is 1. The predicted molar refractivity (Wildman–Crippen MR) is 65.7 cm³/mol. The van der Waals surface area contributed by atoms with Crippen LogP contribution >= 0.6 is 24.0 Å². The van der Waals surface area contributed by atoms with Crippen molar-refractivity contribution in [3.05, 3.63) is 30.3 Å². The fraction of sp³-hybridized carbons (Fsp3) is 0.111. The first kappa shape index (κ1) is 9.48. The van der Waals surface area contributed by atoms with Crippen LogP contribution in [0.1, 0.15) is 0 Å². The highest BCUT2D eigenvalue weighted by Crippen LogP contribution is 2.13. The number of nitrogens with one attached hydrogen (secondary N) is 2. The molecule has 1 aliphatic heterocycles. The third-order valence-corrected chi connectivity index (χ3v) is 2.88. The number of rotatable bonds is 2. The van der Waals surface area contributed by atoms with Crippen LogP contribution in [-0.2, 0) is 0 Å². The summed E-state index contributed by atoms with van der Waals surface area (Å²) in [6, 6.07) is 9.88. The first-order valence-electron chi connectivity index (χ1n) is 4.16. The summed E-state index contributed by atoms with van der Waals surface area (Å²) in [5, 5.41) is 0. The highest BCUT2D eigenvalue weighted by atomic mass is 32.2. The number of amidine groups is 1. The minimum absolute atomic E-state index is 0.697. The summed E-state index contributed by atoms with van der Waals surface area (Å²) >= 11 is 6.50. The number of thiocarbonyl (C=S) groups is 1. The van der Waals surface area contributed by atoms with E-state index in [9.17, 15) is 0 Å². The van der Waals surface area contributed by atoms with Gasteiger partial charge in [0.05, 0.1) is 11.4 Å². The number of anilines is 1. The standard InChI is InChI=1S/C9H9N3S2/c13-9-10-8(6-14-9)12-11-7-4-2-1-3-5-7/h1-5,11H,6H2,(H,10,12,13). The Kier molecular flexibility index (Phi) is 3.00. The Morgan fingerprint density at radius 1 is 1.21 bits per heavy atom. The van der Waals surface area contributed by atoms with Crippen molar-refractivity contribution in [2.45, 2.75) is 0 Å². The van der Waals surface area contributed by atoms with Crippen molar-refractivity contribution in [1.29, 1.82) is 0 Å². The Morgan fingerprint density at radius 3 is 2.64 bits per heavy atom. The molecular formula is C9H9N3S2. The maximum Gasteiger partial charge on any atom is 0.162 e. The molecule has 0 spiro atoms. The van der Waals surface area contributed by atoms with E-state index in [0.29, 0.717) is 4.32 Å². The van der Waals surface area contributed by atoms with Gasteiger partial charge >= 0.3 is 0 Å². The van der Waals surface area contributed by atoms with Gasteiger partial charge in [0.15, 0.2) is 4.32 Å². The van der Waals surface area contributed by atoms with Gasteiger partial charge in [-0.1, -0.05) is 42.2 Å². The minimum atomic E-state index is 0.697. The molecule has 0 saturated heterocycles. The molecule has 0 unspecified atom stereocenters. The Bertz CT molecular complexity index is 362. The molecule has 1 aliphatic rings. The van der Waals surface area contributed by atoms with E-state index in [1.807, 2.05) is 30.3 Å². The molecule has 0 amide bonds. The van der Waals surface area contributed by atoms with Gasteiger partial charge in [-0.2, -0.15) is 0 Å². The van der Waals surface area contributed by atoms with Gasteiger partial charge in [0, 0.05) is 0 Å². The quantitative estimate of drug-likeness (QED) is 0.594. The molecule has 0 aliphatic carbocycles. The maximum atomic E-state index is 4.93. The second-order valence-corrected chi connectivity index (χ2v) is 4.34. The van der Waals surface area contributed by atoms with E-state index >= 15 is 0 Å². The largest absolute Gasteiger partial charge is 0.300 e. The number of thioether (sulfide) groups is 1. The van der Waals surface area contributed by atoms with Crippen LogP contribution in [0.4, 0.5) is 5.69 Å². The van der Waals surface area contributed by atoms with Gasteiger partial charge in [-0.05, 0) is 12.1 Å². The van der Waals surface area contributed by atoms with Gasteiger partial charge in [0.2, 0.25) is 0 Å². The van der Waals surface area contributed by atoms with Crippen molar-refractivity contribution in [3.63, 3.8) is 0 Å². The summed E-state index contributed by atoms with van der Waals surface area (Å²) in [5.74, 6) is 1.70. The Balaban J connectivity index is 1.89. The highest BCUT2D eigenvalue weighted by molar-refractivity contribution is 8.23. The molecule has 0 fully saturated rings. The van der Waals surface area contributed by atoms with Gasteiger partial charge in [0.25, 0.3) is 0 Å². The average Bonchev–Trinajstić information content (AvgIpc) is 2.63. The van der Waals surface area contributed by atoms with Crippen LogP contribution in [0.3, 0.4) is 0 Å². The lowest BCUT2D eigenvalue weighted by molar-refractivity contribution is 1.12. The van der Waals surface area contributed by atoms with Gasteiger partial charge in [-0.15, -0.1) is 0 Å². The van der Waals surface area contributed by atoms with Crippen LogP contribution in [0.25, 0.3) is 0 Å². The molecule has 5 heteroatoms. The molecule has 0 radical (unpaired) electrons. The smallest absolute Gasteiger partial charge is 0.162 e. The number of para-hydroxylation sites is 1. The number of hydrazine groups is 1. The van der Waals surface area contributed by atoms with Crippen LogP contribution in [0.5, 0.6) is 0 Å². The second kappa shape index (κ2) is 4.43. The molecule has 0 saturated carbocycles. The summed E-state index contributed by atoms with van der Waals surface area (Å²) in [6.45, 7) is 0. The zero-order valence-electron chi connectivity index (χ0n) is 7.36. The van der Waals surface area contributed by atoms with Crippen LogP contribution in [0.2, 0.25) is 0 Å². The van der Waals surface area contributed by atoms with Crippen molar-refractivity contribution in [3.8, 4) is 0 Å². The predicted octanol–water partition coefficient (Wildman–Crippen LogP) is 2.03. The van der Waals surface area contributed by atoms with Crippen LogP contribution in [0, 0.1) is 0 Å². The SMILES string of the molecule is S=C1N=C(NNc2ccccc2)CS1. The first-order chi connectivity index (χ1) is 6.84. The third kappa shape index (κ3) is 2.46. The van der Waals surface area contributed by atoms with Gasteiger partial charge < -0.3 is 0 Å². The van der Waals surface area contributed by atoms with Crippen molar-refractivity contribution in [1.82, 2.24) is 5.43 Å². The van der Waals surface area contributed by atoms with E-state index in [2.05, 4.69) is 15.8 Å². The lowest BCUT2D eigenvalue weighted by Gasteiger charge is -2.07.